The maximum absolute atomic E-state index is 14.3. The fourth-order valence-electron chi connectivity index (χ4n) is 2.82. The van der Waals surface area contributed by atoms with Crippen LogP contribution >= 0.6 is 0 Å². The SMILES string of the molecule is C=C1C=NC=CN1/C(Nc1ccc2c(c1)OCCO2)=C(\N)c1ncccc1F. The normalized spacial score (nSPS) is 16.0. The molecular weight excluding hydrogens is 361 g/mol. The second-order valence-corrected chi connectivity index (χ2v) is 6.02. The van der Waals surface area contributed by atoms with Crippen molar-refractivity contribution in [2.75, 3.05) is 18.5 Å². The number of allylic oxidation sites excluding steroid dienone is 1. The van der Waals surface area contributed by atoms with Crippen LogP contribution in [0.25, 0.3) is 5.70 Å². The predicted molar refractivity (Wildman–Crippen MR) is 105 cm³/mol. The van der Waals surface area contributed by atoms with Gasteiger partial charge in [-0.05, 0) is 24.3 Å². The molecule has 1 aromatic heterocycles. The van der Waals surface area contributed by atoms with Crippen molar-refractivity contribution in [2.24, 2.45) is 10.7 Å². The third kappa shape index (κ3) is 3.39. The molecule has 142 valence electrons. The Bertz CT molecular complexity index is 1020. The molecule has 0 saturated carbocycles. The summed E-state index contributed by atoms with van der Waals surface area (Å²) in [5.74, 6) is 1.15. The van der Waals surface area contributed by atoms with Gasteiger partial charge in [-0.2, -0.15) is 0 Å². The fourth-order valence-corrected chi connectivity index (χ4v) is 2.82. The molecule has 2 aliphatic rings. The quantitative estimate of drug-likeness (QED) is 0.849. The van der Waals surface area contributed by atoms with E-state index in [4.69, 9.17) is 15.2 Å². The van der Waals surface area contributed by atoms with Gasteiger partial charge in [-0.15, -0.1) is 0 Å². The molecule has 2 aliphatic heterocycles. The maximum atomic E-state index is 14.3. The summed E-state index contributed by atoms with van der Waals surface area (Å²) >= 11 is 0. The number of rotatable bonds is 4. The Hall–Kier alpha value is -3.81. The monoisotopic (exact) mass is 379 g/mol. The molecule has 0 atom stereocenters. The number of nitrogens with zero attached hydrogens (tertiary/aromatic N) is 3. The van der Waals surface area contributed by atoms with E-state index in [-0.39, 0.29) is 11.4 Å². The molecule has 2 aromatic rings. The van der Waals surface area contributed by atoms with E-state index in [1.807, 2.05) is 6.07 Å². The highest BCUT2D eigenvalue weighted by Gasteiger charge is 2.20. The highest BCUT2D eigenvalue weighted by Crippen LogP contribution is 2.34. The summed E-state index contributed by atoms with van der Waals surface area (Å²) in [6.07, 6.45) is 6.32. The van der Waals surface area contributed by atoms with Gasteiger partial charge in [-0.3, -0.25) is 14.9 Å². The van der Waals surface area contributed by atoms with Gasteiger partial charge in [0.05, 0.1) is 11.9 Å². The number of anilines is 1. The fraction of sp³-hybridized carbons (Fsp3) is 0.100. The van der Waals surface area contributed by atoms with E-state index < -0.39 is 5.82 Å². The molecule has 0 aliphatic carbocycles. The molecule has 0 amide bonds. The van der Waals surface area contributed by atoms with Gasteiger partial charge in [0.25, 0.3) is 0 Å². The summed E-state index contributed by atoms with van der Waals surface area (Å²) in [4.78, 5) is 9.79. The number of aromatic nitrogens is 1. The number of hydrogen-bond acceptors (Lipinski definition) is 7. The molecule has 3 heterocycles. The van der Waals surface area contributed by atoms with Crippen LogP contribution in [0.1, 0.15) is 5.69 Å². The lowest BCUT2D eigenvalue weighted by molar-refractivity contribution is 0.171. The minimum Gasteiger partial charge on any atom is -0.486 e. The molecule has 0 fully saturated rings. The number of nitrogens with one attached hydrogen (secondary N) is 1. The molecular formula is C20H18FN5O2. The van der Waals surface area contributed by atoms with Crippen molar-refractivity contribution in [3.05, 3.63) is 78.5 Å². The van der Waals surface area contributed by atoms with Crippen LogP contribution in [0.2, 0.25) is 0 Å². The van der Waals surface area contributed by atoms with Gasteiger partial charge in [0.2, 0.25) is 0 Å². The van der Waals surface area contributed by atoms with Crippen molar-refractivity contribution in [3.8, 4) is 11.5 Å². The number of aliphatic imine (C=N–C) groups is 1. The van der Waals surface area contributed by atoms with Gasteiger partial charge in [-0.1, -0.05) is 6.58 Å². The zero-order valence-corrected chi connectivity index (χ0v) is 14.9. The van der Waals surface area contributed by atoms with Crippen molar-refractivity contribution in [2.45, 2.75) is 0 Å². The first-order valence-electron chi connectivity index (χ1n) is 8.59. The molecule has 0 radical (unpaired) electrons. The molecule has 0 saturated heterocycles. The summed E-state index contributed by atoms with van der Waals surface area (Å²) in [6.45, 7) is 4.95. The first-order chi connectivity index (χ1) is 13.6. The van der Waals surface area contributed by atoms with E-state index in [0.717, 1.165) is 0 Å². The molecule has 28 heavy (non-hydrogen) atoms. The van der Waals surface area contributed by atoms with E-state index in [1.54, 1.807) is 35.6 Å². The Morgan fingerprint density at radius 2 is 2.04 bits per heavy atom. The highest BCUT2D eigenvalue weighted by atomic mass is 19.1. The molecule has 1 aromatic carbocycles. The number of halogens is 1. The van der Waals surface area contributed by atoms with Gasteiger partial charge >= 0.3 is 0 Å². The summed E-state index contributed by atoms with van der Waals surface area (Å²) in [5, 5.41) is 3.22. The molecule has 4 rings (SSSR count). The maximum Gasteiger partial charge on any atom is 0.163 e. The predicted octanol–water partition coefficient (Wildman–Crippen LogP) is 3.06. The van der Waals surface area contributed by atoms with Crippen molar-refractivity contribution in [1.82, 2.24) is 9.88 Å². The largest absolute Gasteiger partial charge is 0.486 e. The molecule has 0 spiro atoms. The topological polar surface area (TPSA) is 85.0 Å². The zero-order chi connectivity index (χ0) is 19.5. The first kappa shape index (κ1) is 17.6. The third-order valence-electron chi connectivity index (χ3n) is 4.15. The molecule has 3 N–H and O–H groups in total. The summed E-state index contributed by atoms with van der Waals surface area (Å²) in [5.41, 5.74) is 7.71. The Balaban J connectivity index is 1.76. The Morgan fingerprint density at radius 3 is 2.82 bits per heavy atom. The van der Waals surface area contributed by atoms with Gasteiger partial charge in [-0.25, -0.2) is 4.39 Å². The lowest BCUT2D eigenvalue weighted by Crippen LogP contribution is -2.27. The summed E-state index contributed by atoms with van der Waals surface area (Å²) < 4.78 is 25.5. The van der Waals surface area contributed by atoms with Crippen LogP contribution in [0.5, 0.6) is 11.5 Å². The van der Waals surface area contributed by atoms with Crippen LogP contribution in [-0.4, -0.2) is 29.3 Å². The van der Waals surface area contributed by atoms with Crippen LogP contribution in [0.3, 0.4) is 0 Å². The number of fused-ring (bicyclic) bond motifs is 1. The van der Waals surface area contributed by atoms with Crippen molar-refractivity contribution >= 4 is 17.6 Å². The van der Waals surface area contributed by atoms with Crippen LogP contribution in [0.15, 0.2) is 72.0 Å². The van der Waals surface area contributed by atoms with Gasteiger partial charge < -0.3 is 20.5 Å². The second kappa shape index (κ2) is 7.43. The molecule has 8 heteroatoms. The second-order valence-electron chi connectivity index (χ2n) is 6.02. The molecule has 0 unspecified atom stereocenters. The standard InChI is InChI=1S/C20H18FN5O2/c1-13-12-23-7-8-26(13)20(18(22)19-15(21)3-2-6-24-19)25-14-4-5-16-17(11-14)28-10-9-27-16/h2-8,11-12,25H,1,9-10,22H2/b20-18-. The number of benzene rings is 1. The van der Waals surface area contributed by atoms with E-state index in [2.05, 4.69) is 21.9 Å². The van der Waals surface area contributed by atoms with Crippen LogP contribution in [-0.2, 0) is 0 Å². The number of ether oxygens (including phenoxy) is 2. The minimum absolute atomic E-state index is 0.0336. The van der Waals surface area contributed by atoms with E-state index >= 15 is 0 Å². The smallest absolute Gasteiger partial charge is 0.163 e. The van der Waals surface area contributed by atoms with Crippen molar-refractivity contribution in [3.63, 3.8) is 0 Å². The molecule has 7 nitrogen and oxygen atoms in total. The Labute approximate surface area is 161 Å². The van der Waals surface area contributed by atoms with E-state index in [9.17, 15) is 4.39 Å². The van der Waals surface area contributed by atoms with Crippen LogP contribution < -0.4 is 20.5 Å². The van der Waals surface area contributed by atoms with Gasteiger partial charge in [0, 0.05) is 30.4 Å². The molecule has 0 bridgehead atoms. The Kier molecular flexibility index (Phi) is 4.67. The highest BCUT2D eigenvalue weighted by molar-refractivity contribution is 5.81. The van der Waals surface area contributed by atoms with Crippen LogP contribution in [0.4, 0.5) is 10.1 Å². The van der Waals surface area contributed by atoms with Gasteiger partial charge in [0.1, 0.15) is 30.4 Å². The minimum atomic E-state index is -0.526. The van der Waals surface area contributed by atoms with Crippen molar-refractivity contribution in [1.29, 1.82) is 0 Å². The van der Waals surface area contributed by atoms with E-state index in [1.165, 1.54) is 18.3 Å². The third-order valence-corrected chi connectivity index (χ3v) is 4.15. The summed E-state index contributed by atoms with van der Waals surface area (Å²) in [7, 11) is 0. The van der Waals surface area contributed by atoms with Crippen LogP contribution in [0, 0.1) is 5.82 Å². The summed E-state index contributed by atoms with van der Waals surface area (Å²) in [6, 6.07) is 8.22. The number of hydrogen-bond donors (Lipinski definition) is 2. The average Bonchev–Trinajstić information content (AvgIpc) is 2.72. The zero-order valence-electron chi connectivity index (χ0n) is 14.9. The van der Waals surface area contributed by atoms with Crippen molar-refractivity contribution < 1.29 is 13.9 Å². The van der Waals surface area contributed by atoms with E-state index in [0.29, 0.717) is 41.9 Å². The number of nitrogens with two attached hydrogens (primary N) is 1. The Morgan fingerprint density at radius 1 is 1.21 bits per heavy atom. The first-order valence-corrected chi connectivity index (χ1v) is 8.59. The van der Waals surface area contributed by atoms with Gasteiger partial charge in [0.15, 0.2) is 17.3 Å². The average molecular weight is 379 g/mol. The number of pyridine rings is 1. The lowest BCUT2D eigenvalue weighted by atomic mass is 10.2. The lowest BCUT2D eigenvalue weighted by Gasteiger charge is -2.28.